The van der Waals surface area contributed by atoms with Crippen LogP contribution in [0.15, 0.2) is 30.3 Å². The van der Waals surface area contributed by atoms with Gasteiger partial charge in [-0.1, -0.05) is 26.8 Å². The molecule has 2 aromatic rings. The van der Waals surface area contributed by atoms with Crippen molar-refractivity contribution in [3.05, 3.63) is 52.8 Å². The van der Waals surface area contributed by atoms with Crippen molar-refractivity contribution in [1.82, 2.24) is 10.6 Å². The lowest BCUT2D eigenvalue weighted by atomic mass is 9.95. The molecule has 0 radical (unpaired) electrons. The molecule has 0 atom stereocenters. The van der Waals surface area contributed by atoms with Gasteiger partial charge in [0, 0.05) is 30.1 Å². The van der Waals surface area contributed by atoms with Crippen LogP contribution >= 0.6 is 0 Å². The highest BCUT2D eigenvalue weighted by atomic mass is 19.1. The average Bonchev–Trinajstić information content (AvgIpc) is 3.59. The van der Waals surface area contributed by atoms with E-state index in [0.717, 1.165) is 18.4 Å². The van der Waals surface area contributed by atoms with Gasteiger partial charge in [0.15, 0.2) is 11.6 Å². The molecule has 2 amide bonds. The first-order chi connectivity index (χ1) is 16.5. The Morgan fingerprint density at radius 3 is 2.43 bits per heavy atom. The minimum Gasteiger partial charge on any atom is -0.490 e. The van der Waals surface area contributed by atoms with Gasteiger partial charge in [0.2, 0.25) is 0 Å². The van der Waals surface area contributed by atoms with Crippen molar-refractivity contribution in [1.29, 1.82) is 0 Å². The maximum absolute atomic E-state index is 15.7. The Morgan fingerprint density at radius 2 is 1.80 bits per heavy atom. The van der Waals surface area contributed by atoms with E-state index in [9.17, 15) is 14.4 Å². The van der Waals surface area contributed by atoms with E-state index in [1.165, 1.54) is 6.07 Å². The Morgan fingerprint density at radius 1 is 1.09 bits per heavy atom. The number of ether oxygens (including phenoxy) is 1. The number of carbonyl (C=O) groups excluding carboxylic acids is 2. The van der Waals surface area contributed by atoms with Gasteiger partial charge >= 0.3 is 5.97 Å². The molecule has 0 heterocycles. The van der Waals surface area contributed by atoms with E-state index in [1.54, 1.807) is 24.3 Å². The fourth-order valence-corrected chi connectivity index (χ4v) is 3.47. The van der Waals surface area contributed by atoms with Crippen molar-refractivity contribution in [3.8, 4) is 16.9 Å². The Hall–Kier alpha value is -3.42. The zero-order valence-corrected chi connectivity index (χ0v) is 20.7. The van der Waals surface area contributed by atoms with E-state index in [-0.39, 0.29) is 48.1 Å². The molecular weight excluding hydrogens is 451 g/mol. The summed E-state index contributed by atoms with van der Waals surface area (Å²) in [5.74, 6) is -2.70. The summed E-state index contributed by atoms with van der Waals surface area (Å²) >= 11 is 0. The Balaban J connectivity index is 1.97. The SMILES string of the molecule is Cc1ccc(C(=O)NC2CC2)cc1-c1ccc(C(=O)NCC(C)(C)C)c(F)c1OCCCC(=O)O. The molecule has 0 spiro atoms. The second-order valence-corrected chi connectivity index (χ2v) is 10.2. The molecule has 7 nitrogen and oxygen atoms in total. The number of rotatable bonds is 10. The number of carboxylic acid groups (broad SMARTS) is 1. The molecule has 0 aromatic heterocycles. The molecule has 188 valence electrons. The van der Waals surface area contributed by atoms with Crippen LogP contribution in [0.5, 0.6) is 5.75 Å². The van der Waals surface area contributed by atoms with Gasteiger partial charge in [-0.05, 0) is 67.0 Å². The number of aliphatic carboxylic acids is 1. The fourth-order valence-electron chi connectivity index (χ4n) is 3.47. The molecule has 0 unspecified atom stereocenters. The summed E-state index contributed by atoms with van der Waals surface area (Å²) in [4.78, 5) is 36.2. The third-order valence-electron chi connectivity index (χ3n) is 5.60. The topological polar surface area (TPSA) is 105 Å². The summed E-state index contributed by atoms with van der Waals surface area (Å²) in [6, 6.07) is 8.40. The van der Waals surface area contributed by atoms with Crippen LogP contribution in [0, 0.1) is 18.2 Å². The van der Waals surface area contributed by atoms with E-state index in [1.807, 2.05) is 27.7 Å². The maximum atomic E-state index is 15.7. The first-order valence-electron chi connectivity index (χ1n) is 11.8. The lowest BCUT2D eigenvalue weighted by Crippen LogP contribution is -2.32. The molecule has 1 saturated carbocycles. The second-order valence-electron chi connectivity index (χ2n) is 10.2. The number of aryl methyl sites for hydroxylation is 1. The van der Waals surface area contributed by atoms with Gasteiger partial charge in [0.25, 0.3) is 11.8 Å². The normalized spacial score (nSPS) is 13.3. The number of carboxylic acids is 1. The van der Waals surface area contributed by atoms with Gasteiger partial charge < -0.3 is 20.5 Å². The highest BCUT2D eigenvalue weighted by Crippen LogP contribution is 2.37. The molecule has 2 aromatic carbocycles. The highest BCUT2D eigenvalue weighted by Gasteiger charge is 2.26. The van der Waals surface area contributed by atoms with Crippen LogP contribution in [0.2, 0.25) is 0 Å². The van der Waals surface area contributed by atoms with Crippen molar-refractivity contribution < 1.29 is 28.6 Å². The zero-order valence-electron chi connectivity index (χ0n) is 20.7. The summed E-state index contributed by atoms with van der Waals surface area (Å²) < 4.78 is 21.4. The van der Waals surface area contributed by atoms with Gasteiger partial charge in [-0.25, -0.2) is 4.39 Å². The minimum atomic E-state index is -0.977. The Labute approximate surface area is 205 Å². The molecule has 0 bridgehead atoms. The minimum absolute atomic E-state index is 0.0375. The van der Waals surface area contributed by atoms with Crippen molar-refractivity contribution in [3.63, 3.8) is 0 Å². The van der Waals surface area contributed by atoms with Gasteiger partial charge in [-0.3, -0.25) is 14.4 Å². The fraction of sp³-hybridized carbons (Fsp3) is 0.444. The number of nitrogens with one attached hydrogen (secondary N) is 2. The zero-order chi connectivity index (χ0) is 25.8. The second kappa shape index (κ2) is 10.9. The van der Waals surface area contributed by atoms with Crippen LogP contribution in [0.4, 0.5) is 4.39 Å². The first kappa shape index (κ1) is 26.2. The number of benzene rings is 2. The molecule has 8 heteroatoms. The predicted octanol–water partition coefficient (Wildman–Crippen LogP) is 4.71. The Kier molecular flexibility index (Phi) is 8.14. The largest absolute Gasteiger partial charge is 0.490 e. The van der Waals surface area contributed by atoms with Gasteiger partial charge in [0.05, 0.1) is 12.2 Å². The van der Waals surface area contributed by atoms with Crippen LogP contribution in [0.25, 0.3) is 11.1 Å². The van der Waals surface area contributed by atoms with Crippen LogP contribution in [-0.2, 0) is 4.79 Å². The molecule has 1 aliphatic rings. The third-order valence-corrected chi connectivity index (χ3v) is 5.60. The van der Waals surface area contributed by atoms with Gasteiger partial charge in [-0.15, -0.1) is 0 Å². The van der Waals surface area contributed by atoms with E-state index in [4.69, 9.17) is 9.84 Å². The number of hydrogen-bond acceptors (Lipinski definition) is 4. The average molecular weight is 485 g/mol. The highest BCUT2D eigenvalue weighted by molar-refractivity contribution is 5.98. The van der Waals surface area contributed by atoms with Crippen molar-refractivity contribution >= 4 is 17.8 Å². The summed E-state index contributed by atoms with van der Waals surface area (Å²) in [7, 11) is 0. The van der Waals surface area contributed by atoms with E-state index in [0.29, 0.717) is 23.2 Å². The summed E-state index contributed by atoms with van der Waals surface area (Å²) in [6.07, 6.45) is 1.97. The standard InChI is InChI=1S/C27H33FN2O5/c1-16-7-8-17(25(33)30-18-9-10-18)14-21(16)19-11-12-20(26(34)29-15-27(2,3)4)23(28)24(19)35-13-5-6-22(31)32/h7-8,11-12,14,18H,5-6,9-10,13,15H2,1-4H3,(H,29,34)(H,30,33)(H,31,32). The summed E-state index contributed by atoms with van der Waals surface area (Å²) in [5, 5.41) is 14.6. The molecule has 0 aliphatic heterocycles. The van der Waals surface area contributed by atoms with Gasteiger partial charge in [-0.2, -0.15) is 0 Å². The van der Waals surface area contributed by atoms with Crippen LogP contribution in [0.1, 0.15) is 72.7 Å². The van der Waals surface area contributed by atoms with Crippen molar-refractivity contribution in [2.75, 3.05) is 13.2 Å². The molecule has 3 N–H and O–H groups in total. The maximum Gasteiger partial charge on any atom is 0.303 e. The number of amides is 2. The molecule has 1 fully saturated rings. The van der Waals surface area contributed by atoms with Crippen LogP contribution in [0.3, 0.4) is 0 Å². The lowest BCUT2D eigenvalue weighted by molar-refractivity contribution is -0.137. The monoisotopic (exact) mass is 484 g/mol. The first-order valence-corrected chi connectivity index (χ1v) is 11.8. The smallest absolute Gasteiger partial charge is 0.303 e. The summed E-state index contributed by atoms with van der Waals surface area (Å²) in [5.41, 5.74) is 1.90. The molecular formula is C27H33FN2O5. The Bertz CT molecular complexity index is 1120. The molecule has 3 rings (SSSR count). The van der Waals surface area contributed by atoms with E-state index in [2.05, 4.69) is 10.6 Å². The van der Waals surface area contributed by atoms with Crippen molar-refractivity contribution in [2.24, 2.45) is 5.41 Å². The summed E-state index contributed by atoms with van der Waals surface area (Å²) in [6.45, 7) is 8.04. The molecule has 35 heavy (non-hydrogen) atoms. The third kappa shape index (κ3) is 7.28. The predicted molar refractivity (Wildman–Crippen MR) is 131 cm³/mol. The quantitative estimate of drug-likeness (QED) is 0.424. The molecule has 0 saturated heterocycles. The lowest BCUT2D eigenvalue weighted by Gasteiger charge is -2.20. The number of hydrogen-bond donors (Lipinski definition) is 3. The van der Waals surface area contributed by atoms with Crippen LogP contribution in [-0.4, -0.2) is 42.1 Å². The van der Waals surface area contributed by atoms with E-state index < -0.39 is 17.7 Å². The number of carbonyl (C=O) groups is 3. The number of halogens is 1. The van der Waals surface area contributed by atoms with Crippen molar-refractivity contribution in [2.45, 2.75) is 59.4 Å². The van der Waals surface area contributed by atoms with E-state index >= 15 is 4.39 Å². The van der Waals surface area contributed by atoms with Gasteiger partial charge in [0.1, 0.15) is 0 Å². The molecule has 1 aliphatic carbocycles. The van der Waals surface area contributed by atoms with Crippen LogP contribution < -0.4 is 15.4 Å².